The summed E-state index contributed by atoms with van der Waals surface area (Å²) >= 11 is 0.214. The van der Waals surface area contributed by atoms with Crippen LogP contribution in [0.1, 0.15) is 11.1 Å². The molecule has 0 unspecified atom stereocenters. The van der Waals surface area contributed by atoms with E-state index in [0.29, 0.717) is 11.3 Å². The van der Waals surface area contributed by atoms with Crippen molar-refractivity contribution in [2.75, 3.05) is 0 Å². The summed E-state index contributed by atoms with van der Waals surface area (Å²) in [5, 5.41) is 13.1. The molecule has 0 atom stereocenters. The number of aliphatic imine (C=N–C) groups is 1. The topological polar surface area (TPSA) is 78.1 Å². The quantitative estimate of drug-likeness (QED) is 0.493. The van der Waals surface area contributed by atoms with Crippen molar-refractivity contribution in [3.8, 4) is 5.75 Å². The first kappa shape index (κ1) is 21.9. The number of hydrogen-bond donors (Lipinski definition) is 1. The SMILES string of the molecule is N=C1/C(=C\c2ccccc2OCc2cccc3ccccc23)C(=O)N=C2SC(C(F)(F)F)=NN12. The number of fused-ring (bicyclic) bond motifs is 2. The normalized spacial score (nSPS) is 17.1. The largest absolute Gasteiger partial charge is 0.488 e. The van der Waals surface area contributed by atoms with E-state index in [4.69, 9.17) is 10.1 Å². The molecule has 34 heavy (non-hydrogen) atoms. The van der Waals surface area contributed by atoms with Gasteiger partial charge in [0.1, 0.15) is 12.4 Å². The minimum absolute atomic E-state index is 0.183. The van der Waals surface area contributed by atoms with Gasteiger partial charge >= 0.3 is 6.18 Å². The van der Waals surface area contributed by atoms with Gasteiger partial charge in [-0.3, -0.25) is 10.2 Å². The van der Waals surface area contributed by atoms with Crippen LogP contribution in [0.15, 0.2) is 82.4 Å². The highest BCUT2D eigenvalue weighted by Gasteiger charge is 2.46. The van der Waals surface area contributed by atoms with Crippen molar-refractivity contribution in [1.82, 2.24) is 5.01 Å². The van der Waals surface area contributed by atoms with Gasteiger partial charge in [0.15, 0.2) is 5.84 Å². The number of benzene rings is 3. The number of nitrogens with one attached hydrogen (secondary N) is 1. The summed E-state index contributed by atoms with van der Waals surface area (Å²) in [6, 6.07) is 20.7. The highest BCUT2D eigenvalue weighted by atomic mass is 32.2. The summed E-state index contributed by atoms with van der Waals surface area (Å²) in [6.45, 7) is 0.261. The average Bonchev–Trinajstić information content (AvgIpc) is 3.26. The Kier molecular flexibility index (Phi) is 5.45. The van der Waals surface area contributed by atoms with Crippen LogP contribution in [0.2, 0.25) is 0 Å². The van der Waals surface area contributed by atoms with E-state index >= 15 is 0 Å². The molecule has 5 rings (SSSR count). The van der Waals surface area contributed by atoms with Crippen LogP contribution in [0.3, 0.4) is 0 Å². The average molecular weight is 480 g/mol. The Labute approximate surface area is 195 Å². The van der Waals surface area contributed by atoms with Gasteiger partial charge < -0.3 is 4.74 Å². The fourth-order valence-electron chi connectivity index (χ4n) is 3.57. The van der Waals surface area contributed by atoms with Crippen molar-refractivity contribution < 1.29 is 22.7 Å². The molecule has 0 fully saturated rings. The van der Waals surface area contributed by atoms with Crippen LogP contribution in [0.25, 0.3) is 16.8 Å². The van der Waals surface area contributed by atoms with Gasteiger partial charge in [0.05, 0.1) is 5.57 Å². The molecule has 2 aliphatic rings. The molecular formula is C24H15F3N4O2S. The van der Waals surface area contributed by atoms with Gasteiger partial charge in [-0.1, -0.05) is 60.7 Å². The first-order chi connectivity index (χ1) is 16.3. The number of hydrogen-bond acceptors (Lipinski definition) is 5. The zero-order valence-corrected chi connectivity index (χ0v) is 18.2. The van der Waals surface area contributed by atoms with Gasteiger partial charge in [-0.05, 0) is 40.2 Å². The molecule has 10 heteroatoms. The number of hydrazone groups is 1. The number of rotatable bonds is 4. The van der Waals surface area contributed by atoms with E-state index in [1.807, 2.05) is 42.5 Å². The van der Waals surface area contributed by atoms with Crippen molar-refractivity contribution in [2.45, 2.75) is 12.8 Å². The molecule has 0 aromatic heterocycles. The molecule has 0 spiro atoms. The second-order valence-electron chi connectivity index (χ2n) is 7.39. The Morgan fingerprint density at radius 3 is 2.59 bits per heavy atom. The third-order valence-corrected chi connectivity index (χ3v) is 6.13. The summed E-state index contributed by atoms with van der Waals surface area (Å²) in [4.78, 5) is 16.2. The lowest BCUT2D eigenvalue weighted by Crippen LogP contribution is -2.35. The molecule has 1 amide bonds. The summed E-state index contributed by atoms with van der Waals surface area (Å²) in [7, 11) is 0. The van der Waals surface area contributed by atoms with E-state index in [-0.39, 0.29) is 29.1 Å². The van der Waals surface area contributed by atoms with E-state index in [0.717, 1.165) is 21.3 Å². The van der Waals surface area contributed by atoms with Crippen molar-refractivity contribution >= 4 is 50.6 Å². The molecule has 0 saturated heterocycles. The molecule has 3 aromatic carbocycles. The van der Waals surface area contributed by atoms with Gasteiger partial charge in [-0.25, -0.2) is 0 Å². The molecular weight excluding hydrogens is 465 g/mol. The second-order valence-corrected chi connectivity index (χ2v) is 8.34. The number of ether oxygens (including phenoxy) is 1. The van der Waals surface area contributed by atoms with Crippen LogP contribution in [0.5, 0.6) is 5.75 Å². The van der Waals surface area contributed by atoms with Gasteiger partial charge in [0.2, 0.25) is 10.2 Å². The number of amidine groups is 2. The lowest BCUT2D eigenvalue weighted by molar-refractivity contribution is -0.114. The first-order valence-corrected chi connectivity index (χ1v) is 10.9. The van der Waals surface area contributed by atoms with Gasteiger partial charge in [0.25, 0.3) is 5.91 Å². The molecule has 6 nitrogen and oxygen atoms in total. The van der Waals surface area contributed by atoms with Crippen LogP contribution in [0.4, 0.5) is 13.2 Å². The highest BCUT2D eigenvalue weighted by molar-refractivity contribution is 8.27. The third kappa shape index (κ3) is 4.08. The van der Waals surface area contributed by atoms with Crippen LogP contribution in [-0.4, -0.2) is 33.1 Å². The van der Waals surface area contributed by atoms with Gasteiger partial charge in [0, 0.05) is 5.56 Å². The predicted molar refractivity (Wildman–Crippen MR) is 126 cm³/mol. The van der Waals surface area contributed by atoms with Crippen molar-refractivity contribution in [1.29, 1.82) is 5.41 Å². The number of thioether (sulfide) groups is 1. The Bertz CT molecular complexity index is 1420. The Morgan fingerprint density at radius 2 is 1.76 bits per heavy atom. The Morgan fingerprint density at radius 1 is 1.03 bits per heavy atom. The molecule has 2 aliphatic heterocycles. The first-order valence-electron chi connectivity index (χ1n) is 10.1. The number of amides is 1. The number of alkyl halides is 3. The number of carbonyl (C=O) groups is 1. The molecule has 1 N–H and O–H groups in total. The molecule has 0 radical (unpaired) electrons. The van der Waals surface area contributed by atoms with Crippen molar-refractivity contribution in [2.24, 2.45) is 10.1 Å². The smallest absolute Gasteiger partial charge is 0.441 e. The minimum Gasteiger partial charge on any atom is -0.488 e. The summed E-state index contributed by atoms with van der Waals surface area (Å²) in [5.41, 5.74) is 1.28. The predicted octanol–water partition coefficient (Wildman–Crippen LogP) is 5.60. The molecule has 0 bridgehead atoms. The maximum atomic E-state index is 13.0. The van der Waals surface area contributed by atoms with E-state index in [1.165, 1.54) is 6.08 Å². The number of carbonyl (C=O) groups excluding carboxylic acids is 1. The molecule has 3 aromatic rings. The van der Waals surface area contributed by atoms with E-state index in [9.17, 15) is 18.0 Å². The van der Waals surface area contributed by atoms with Gasteiger partial charge in [-0.15, -0.1) is 0 Å². The van der Waals surface area contributed by atoms with Crippen LogP contribution in [-0.2, 0) is 11.4 Å². The fraction of sp³-hybridized carbons (Fsp3) is 0.0833. The lowest BCUT2D eigenvalue weighted by atomic mass is 10.1. The minimum atomic E-state index is -4.69. The second kappa shape index (κ2) is 8.45. The van der Waals surface area contributed by atoms with Crippen LogP contribution in [0, 0.1) is 5.41 Å². The third-order valence-electron chi connectivity index (χ3n) is 5.18. The Hall–Kier alpha value is -3.92. The monoisotopic (exact) mass is 480 g/mol. The van der Waals surface area contributed by atoms with Crippen LogP contribution >= 0.6 is 11.8 Å². The lowest BCUT2D eigenvalue weighted by Gasteiger charge is -2.20. The number of para-hydroxylation sites is 1. The fourth-order valence-corrected chi connectivity index (χ4v) is 4.33. The van der Waals surface area contributed by atoms with E-state index in [2.05, 4.69) is 10.1 Å². The number of nitrogens with zero attached hydrogens (tertiary/aromatic N) is 3. The maximum Gasteiger partial charge on any atom is 0.441 e. The molecule has 170 valence electrons. The highest BCUT2D eigenvalue weighted by Crippen LogP contribution is 2.35. The standard InChI is InChI=1S/C24H15F3N4O2S/c25-24(26,27)22-30-31-20(28)18(21(32)29-23(31)34-22)12-15-7-2-4-11-19(15)33-13-16-9-5-8-14-6-1-3-10-17(14)16/h1-12,28H,13H2/b18-12+,28-20?. The van der Waals surface area contributed by atoms with E-state index < -0.39 is 23.0 Å². The molecule has 2 heterocycles. The summed E-state index contributed by atoms with van der Waals surface area (Å²) in [6.07, 6.45) is -3.31. The molecule has 0 saturated carbocycles. The molecule has 0 aliphatic carbocycles. The van der Waals surface area contributed by atoms with Crippen molar-refractivity contribution in [3.05, 3.63) is 83.4 Å². The zero-order valence-electron chi connectivity index (χ0n) is 17.3. The Balaban J connectivity index is 1.44. The zero-order chi connectivity index (χ0) is 23.9. The summed E-state index contributed by atoms with van der Waals surface area (Å²) < 4.78 is 45.1. The van der Waals surface area contributed by atoms with Gasteiger partial charge in [-0.2, -0.15) is 28.3 Å². The summed E-state index contributed by atoms with van der Waals surface area (Å²) in [5.74, 6) is -0.842. The van der Waals surface area contributed by atoms with E-state index in [1.54, 1.807) is 24.3 Å². The maximum absolute atomic E-state index is 13.0. The number of halogens is 3. The van der Waals surface area contributed by atoms with Crippen molar-refractivity contribution in [3.63, 3.8) is 0 Å². The van der Waals surface area contributed by atoms with Crippen LogP contribution < -0.4 is 4.74 Å².